The number of nitrogens with one attached hydrogen (secondary N) is 2. The fourth-order valence-corrected chi connectivity index (χ4v) is 3.96. The van der Waals surface area contributed by atoms with E-state index in [1.54, 1.807) is 37.4 Å². The molecule has 0 fully saturated rings. The van der Waals surface area contributed by atoms with Gasteiger partial charge in [0.05, 0.1) is 17.6 Å². The molecule has 8 heteroatoms. The van der Waals surface area contributed by atoms with Gasteiger partial charge in [0.2, 0.25) is 0 Å². The van der Waals surface area contributed by atoms with Crippen LogP contribution in [0.1, 0.15) is 15.9 Å². The van der Waals surface area contributed by atoms with Crippen molar-refractivity contribution in [3.05, 3.63) is 83.9 Å². The minimum atomic E-state index is -3.91. The van der Waals surface area contributed by atoms with Crippen molar-refractivity contribution in [3.8, 4) is 5.75 Å². The number of carboxylic acid groups (broad SMARTS) is 1. The highest BCUT2D eigenvalue weighted by atomic mass is 32.2. The minimum Gasteiger partial charge on any atom is -0.497 e. The van der Waals surface area contributed by atoms with E-state index in [4.69, 9.17) is 4.74 Å². The van der Waals surface area contributed by atoms with Gasteiger partial charge < -0.3 is 15.2 Å². The van der Waals surface area contributed by atoms with Gasteiger partial charge in [0, 0.05) is 17.9 Å². The van der Waals surface area contributed by atoms with Crippen molar-refractivity contribution in [1.29, 1.82) is 0 Å². The Morgan fingerprint density at radius 2 is 1.70 bits per heavy atom. The quantitative estimate of drug-likeness (QED) is 0.480. The van der Waals surface area contributed by atoms with Crippen LogP contribution in [-0.4, -0.2) is 33.1 Å². The number of hydrogen-bond acceptors (Lipinski definition) is 5. The first-order valence-electron chi connectivity index (χ1n) is 9.21. The first kappa shape index (κ1) is 21.2. The normalized spacial score (nSPS) is 11.0. The molecule has 30 heavy (non-hydrogen) atoms. The van der Waals surface area contributed by atoms with Crippen LogP contribution in [0.25, 0.3) is 0 Å². The number of anilines is 2. The lowest BCUT2D eigenvalue weighted by Crippen LogP contribution is -2.15. The molecule has 0 radical (unpaired) electrons. The lowest BCUT2D eigenvalue weighted by Gasteiger charge is -2.13. The smallest absolute Gasteiger partial charge is 0.337 e. The molecule has 0 saturated carbocycles. The maximum Gasteiger partial charge on any atom is 0.337 e. The summed E-state index contributed by atoms with van der Waals surface area (Å²) < 4.78 is 32.8. The number of carbonyl (C=O) groups is 1. The van der Waals surface area contributed by atoms with E-state index in [1.165, 1.54) is 12.1 Å². The third-order valence-electron chi connectivity index (χ3n) is 4.45. The predicted octanol–water partition coefficient (Wildman–Crippen LogP) is 3.85. The summed E-state index contributed by atoms with van der Waals surface area (Å²) in [5, 5.41) is 12.6. The van der Waals surface area contributed by atoms with Gasteiger partial charge in [0.25, 0.3) is 10.0 Å². The molecule has 0 aliphatic heterocycles. The van der Waals surface area contributed by atoms with Gasteiger partial charge in [-0.3, -0.25) is 4.72 Å². The van der Waals surface area contributed by atoms with Gasteiger partial charge >= 0.3 is 5.97 Å². The molecule has 3 aromatic rings. The van der Waals surface area contributed by atoms with E-state index >= 15 is 0 Å². The molecule has 0 unspecified atom stereocenters. The average molecular weight is 426 g/mol. The Kier molecular flexibility index (Phi) is 6.58. The molecule has 0 saturated heterocycles. The van der Waals surface area contributed by atoms with E-state index in [0.29, 0.717) is 24.3 Å². The second-order valence-electron chi connectivity index (χ2n) is 6.51. The second-order valence-corrected chi connectivity index (χ2v) is 8.19. The number of rotatable bonds is 9. The van der Waals surface area contributed by atoms with Crippen molar-refractivity contribution < 1.29 is 23.1 Å². The summed E-state index contributed by atoms with van der Waals surface area (Å²) in [4.78, 5) is 11.6. The van der Waals surface area contributed by atoms with E-state index in [-0.39, 0.29) is 10.5 Å². The van der Waals surface area contributed by atoms with Crippen molar-refractivity contribution >= 4 is 27.4 Å². The summed E-state index contributed by atoms with van der Waals surface area (Å²) in [7, 11) is -2.31. The summed E-state index contributed by atoms with van der Waals surface area (Å²) in [5.74, 6) is -0.445. The van der Waals surface area contributed by atoms with Gasteiger partial charge in [-0.1, -0.05) is 30.3 Å². The SMILES string of the molecule is COc1ccc(CCNc2ccc(S(=O)(=O)Nc3ccccc3)cc2C(=O)O)cc1. The fraction of sp³-hybridized carbons (Fsp3) is 0.136. The van der Waals surface area contributed by atoms with E-state index in [9.17, 15) is 18.3 Å². The highest BCUT2D eigenvalue weighted by molar-refractivity contribution is 7.92. The topological polar surface area (TPSA) is 105 Å². The van der Waals surface area contributed by atoms with Crippen molar-refractivity contribution in [1.82, 2.24) is 0 Å². The van der Waals surface area contributed by atoms with Crippen LogP contribution >= 0.6 is 0 Å². The van der Waals surface area contributed by atoms with Crippen LogP contribution in [-0.2, 0) is 16.4 Å². The van der Waals surface area contributed by atoms with Crippen LogP contribution in [0.5, 0.6) is 5.75 Å². The second kappa shape index (κ2) is 9.32. The largest absolute Gasteiger partial charge is 0.497 e. The van der Waals surface area contributed by atoms with Gasteiger partial charge in [-0.15, -0.1) is 0 Å². The lowest BCUT2D eigenvalue weighted by molar-refractivity contribution is 0.0697. The van der Waals surface area contributed by atoms with E-state index in [1.807, 2.05) is 24.3 Å². The highest BCUT2D eigenvalue weighted by Crippen LogP contribution is 2.23. The molecule has 3 rings (SSSR count). The van der Waals surface area contributed by atoms with Gasteiger partial charge in [-0.25, -0.2) is 13.2 Å². The zero-order chi connectivity index (χ0) is 21.6. The molecule has 3 N–H and O–H groups in total. The maximum absolute atomic E-state index is 12.6. The maximum atomic E-state index is 12.6. The van der Waals surface area contributed by atoms with Gasteiger partial charge in [0.1, 0.15) is 5.75 Å². The zero-order valence-corrected chi connectivity index (χ0v) is 17.1. The summed E-state index contributed by atoms with van der Waals surface area (Å²) in [6.07, 6.45) is 0.665. The minimum absolute atomic E-state index is 0.110. The number of benzene rings is 3. The number of hydrogen-bond donors (Lipinski definition) is 3. The summed E-state index contributed by atoms with van der Waals surface area (Å²) in [5.41, 5.74) is 1.71. The molecule has 0 spiro atoms. The average Bonchev–Trinajstić information content (AvgIpc) is 2.74. The van der Waals surface area contributed by atoms with Crippen LogP contribution in [0, 0.1) is 0 Å². The third-order valence-corrected chi connectivity index (χ3v) is 5.82. The van der Waals surface area contributed by atoms with E-state index in [2.05, 4.69) is 10.0 Å². The number of ether oxygens (including phenoxy) is 1. The van der Waals surface area contributed by atoms with Crippen molar-refractivity contribution in [3.63, 3.8) is 0 Å². The summed E-state index contributed by atoms with van der Waals surface area (Å²) in [6.45, 7) is 0.487. The van der Waals surface area contributed by atoms with Gasteiger partial charge in [-0.05, 0) is 54.4 Å². The Morgan fingerprint density at radius 3 is 2.33 bits per heavy atom. The number of sulfonamides is 1. The standard InChI is InChI=1S/C22H22N2O5S/c1-29-18-9-7-16(8-10-18)13-14-23-21-12-11-19(15-20(21)22(25)26)30(27,28)24-17-5-3-2-4-6-17/h2-12,15,23-24H,13-14H2,1H3,(H,25,26). The fourth-order valence-electron chi connectivity index (χ4n) is 2.88. The number of para-hydroxylation sites is 1. The number of carboxylic acids is 1. The molecular weight excluding hydrogens is 404 g/mol. The molecule has 7 nitrogen and oxygen atoms in total. The van der Waals surface area contributed by atoms with Crippen LogP contribution < -0.4 is 14.8 Å². The van der Waals surface area contributed by atoms with Crippen LogP contribution in [0.4, 0.5) is 11.4 Å². The number of aromatic carboxylic acids is 1. The third kappa shape index (κ3) is 5.30. The van der Waals surface area contributed by atoms with Crippen LogP contribution in [0.2, 0.25) is 0 Å². The van der Waals surface area contributed by atoms with Gasteiger partial charge in [-0.2, -0.15) is 0 Å². The molecule has 0 aliphatic carbocycles. The molecule has 0 atom stereocenters. The Balaban J connectivity index is 1.73. The molecule has 0 bridgehead atoms. The van der Waals surface area contributed by atoms with Crippen molar-refractivity contribution in [2.24, 2.45) is 0 Å². The Hall–Kier alpha value is -3.52. The number of methoxy groups -OCH3 is 1. The van der Waals surface area contributed by atoms with Crippen molar-refractivity contribution in [2.45, 2.75) is 11.3 Å². The summed E-state index contributed by atoms with van der Waals surface area (Å²) >= 11 is 0. The van der Waals surface area contributed by atoms with Crippen LogP contribution in [0.15, 0.2) is 77.7 Å². The Morgan fingerprint density at radius 1 is 1.00 bits per heavy atom. The van der Waals surface area contributed by atoms with Crippen molar-refractivity contribution in [2.75, 3.05) is 23.7 Å². The first-order chi connectivity index (χ1) is 14.4. The Labute approximate surface area is 175 Å². The lowest BCUT2D eigenvalue weighted by atomic mass is 10.1. The molecule has 0 aliphatic rings. The predicted molar refractivity (Wildman–Crippen MR) is 116 cm³/mol. The molecule has 0 aromatic heterocycles. The Bertz CT molecular complexity index is 1110. The monoisotopic (exact) mass is 426 g/mol. The zero-order valence-electron chi connectivity index (χ0n) is 16.3. The van der Waals surface area contributed by atoms with Gasteiger partial charge in [0.15, 0.2) is 0 Å². The molecule has 156 valence electrons. The van der Waals surface area contributed by atoms with E-state index < -0.39 is 16.0 Å². The van der Waals surface area contributed by atoms with Crippen LogP contribution in [0.3, 0.4) is 0 Å². The molecule has 0 amide bonds. The first-order valence-corrected chi connectivity index (χ1v) is 10.7. The molecule has 3 aromatic carbocycles. The molecular formula is C22H22N2O5S. The molecule has 0 heterocycles. The van der Waals surface area contributed by atoms with E-state index in [0.717, 1.165) is 17.4 Å². The highest BCUT2D eigenvalue weighted by Gasteiger charge is 2.19. The summed E-state index contributed by atoms with van der Waals surface area (Å²) in [6, 6.07) is 20.0.